The predicted molar refractivity (Wildman–Crippen MR) is 142 cm³/mol. The number of halogens is 2. The van der Waals surface area contributed by atoms with Gasteiger partial charge >= 0.3 is 5.97 Å². The molecule has 3 aromatic rings. The van der Waals surface area contributed by atoms with E-state index < -0.39 is 11.9 Å². The van der Waals surface area contributed by atoms with Crippen molar-refractivity contribution in [3.05, 3.63) is 110 Å². The van der Waals surface area contributed by atoms with E-state index in [2.05, 4.69) is 39.0 Å². The Kier molecular flexibility index (Phi) is 7.12. The van der Waals surface area contributed by atoms with E-state index >= 15 is 0 Å². The number of hydrogen-bond acceptors (Lipinski definition) is 5. The van der Waals surface area contributed by atoms with E-state index in [0.717, 1.165) is 11.1 Å². The summed E-state index contributed by atoms with van der Waals surface area (Å²) >= 11 is 12.0. The Balaban J connectivity index is 1.60. The molecule has 182 valence electrons. The van der Waals surface area contributed by atoms with Gasteiger partial charge in [-0.1, -0.05) is 80.4 Å². The average Bonchev–Trinajstić information content (AvgIpc) is 2.82. The first-order chi connectivity index (χ1) is 17.1. The lowest BCUT2D eigenvalue weighted by atomic mass is 9.81. The molecule has 1 unspecified atom stereocenters. The van der Waals surface area contributed by atoms with E-state index in [1.165, 1.54) is 11.6 Å². The van der Waals surface area contributed by atoms with Crippen molar-refractivity contribution in [3.63, 3.8) is 0 Å². The molecule has 3 aromatic carbocycles. The molecule has 5 nitrogen and oxygen atoms in total. The molecule has 1 atom stereocenters. The lowest BCUT2D eigenvalue weighted by molar-refractivity contribution is -0.128. The number of ether oxygens (including phenoxy) is 2. The van der Waals surface area contributed by atoms with Crippen LogP contribution in [0.25, 0.3) is 6.08 Å². The number of allylic oxidation sites excluding steroid dienone is 1. The maximum atomic E-state index is 12.4. The number of nitrogens with two attached hydrogens (primary N) is 1. The normalized spacial score (nSPS) is 15.3. The number of nitriles is 1. The Morgan fingerprint density at radius 1 is 1.08 bits per heavy atom. The minimum atomic E-state index is -0.590. The Labute approximate surface area is 220 Å². The number of fused-ring (bicyclic) bond motifs is 1. The highest BCUT2D eigenvalue weighted by atomic mass is 35.5. The fraction of sp³-hybridized carbons (Fsp3) is 0.172. The zero-order valence-electron chi connectivity index (χ0n) is 20.0. The number of rotatable bonds is 4. The molecule has 0 saturated carbocycles. The van der Waals surface area contributed by atoms with Crippen LogP contribution in [0, 0.1) is 11.3 Å². The Hall–Kier alpha value is -3.72. The average molecular weight is 519 g/mol. The first kappa shape index (κ1) is 25.4. The third kappa shape index (κ3) is 5.41. The number of nitrogens with zero attached hydrogens (tertiary/aromatic N) is 1. The van der Waals surface area contributed by atoms with Crippen LogP contribution in [0.15, 0.2) is 78.2 Å². The van der Waals surface area contributed by atoms with Gasteiger partial charge in [0, 0.05) is 27.8 Å². The highest BCUT2D eigenvalue weighted by Gasteiger charge is 2.31. The molecule has 0 aliphatic carbocycles. The standard InChI is InChI=1S/C29H24Cl2N2O3/c1-29(2,3)19-8-4-18(5-9-19)27-22-12-11-21(15-25(22)36-28(33)23(27)16-32)35-26(34)13-7-17-6-10-20(30)14-24(17)31/h4-15,27H,33H2,1-3H3/b13-7+. The monoisotopic (exact) mass is 518 g/mol. The molecule has 0 radical (unpaired) electrons. The maximum Gasteiger partial charge on any atom is 0.336 e. The summed E-state index contributed by atoms with van der Waals surface area (Å²) in [5, 5.41) is 10.7. The van der Waals surface area contributed by atoms with Gasteiger partial charge in [0.05, 0.1) is 5.92 Å². The van der Waals surface area contributed by atoms with Crippen LogP contribution in [0.5, 0.6) is 11.5 Å². The number of esters is 1. The Morgan fingerprint density at radius 3 is 2.44 bits per heavy atom. The van der Waals surface area contributed by atoms with Gasteiger partial charge in [0.2, 0.25) is 5.88 Å². The van der Waals surface area contributed by atoms with Crippen molar-refractivity contribution < 1.29 is 14.3 Å². The van der Waals surface area contributed by atoms with Gasteiger partial charge in [-0.3, -0.25) is 0 Å². The van der Waals surface area contributed by atoms with Crippen LogP contribution in [0.3, 0.4) is 0 Å². The maximum absolute atomic E-state index is 12.4. The summed E-state index contributed by atoms with van der Waals surface area (Å²) in [6.45, 7) is 6.44. The molecule has 1 heterocycles. The molecular formula is C29H24Cl2N2O3. The number of carbonyl (C=O) groups is 1. The molecule has 0 amide bonds. The zero-order chi connectivity index (χ0) is 26.0. The molecule has 2 N–H and O–H groups in total. The summed E-state index contributed by atoms with van der Waals surface area (Å²) in [4.78, 5) is 12.4. The third-order valence-corrected chi connectivity index (χ3v) is 6.44. The number of hydrogen-bond donors (Lipinski definition) is 1. The van der Waals surface area contributed by atoms with Gasteiger partial charge in [-0.15, -0.1) is 0 Å². The van der Waals surface area contributed by atoms with Crippen LogP contribution in [-0.2, 0) is 10.2 Å². The van der Waals surface area contributed by atoms with E-state index in [1.54, 1.807) is 42.5 Å². The van der Waals surface area contributed by atoms with Crippen LogP contribution >= 0.6 is 23.2 Å². The summed E-state index contributed by atoms with van der Waals surface area (Å²) in [5.74, 6) is -0.264. The number of benzene rings is 3. The summed E-state index contributed by atoms with van der Waals surface area (Å²) < 4.78 is 11.2. The Bertz CT molecular complexity index is 1430. The zero-order valence-corrected chi connectivity index (χ0v) is 21.5. The highest BCUT2D eigenvalue weighted by Crippen LogP contribution is 2.43. The van der Waals surface area contributed by atoms with Gasteiger partial charge in [0.25, 0.3) is 0 Å². The van der Waals surface area contributed by atoms with Crippen molar-refractivity contribution in [2.24, 2.45) is 5.73 Å². The van der Waals surface area contributed by atoms with Crippen LogP contribution in [0.2, 0.25) is 10.0 Å². The molecule has 1 aliphatic rings. The molecule has 36 heavy (non-hydrogen) atoms. The van der Waals surface area contributed by atoms with Crippen molar-refractivity contribution >= 4 is 35.2 Å². The number of carbonyl (C=O) groups excluding carboxylic acids is 1. The third-order valence-electron chi connectivity index (χ3n) is 5.88. The predicted octanol–water partition coefficient (Wildman–Crippen LogP) is 7.13. The second-order valence-corrected chi connectivity index (χ2v) is 10.3. The van der Waals surface area contributed by atoms with Crippen LogP contribution < -0.4 is 15.2 Å². The molecule has 4 rings (SSSR count). The fourth-order valence-electron chi connectivity index (χ4n) is 3.96. The minimum Gasteiger partial charge on any atom is -0.440 e. The molecule has 0 saturated heterocycles. The Morgan fingerprint density at radius 2 is 1.81 bits per heavy atom. The van der Waals surface area contributed by atoms with E-state index in [4.69, 9.17) is 38.4 Å². The van der Waals surface area contributed by atoms with E-state index in [-0.39, 0.29) is 17.0 Å². The molecule has 0 bridgehead atoms. The van der Waals surface area contributed by atoms with Gasteiger partial charge in [-0.25, -0.2) is 4.79 Å². The quantitative estimate of drug-likeness (QED) is 0.225. The fourth-order valence-corrected chi connectivity index (χ4v) is 4.43. The van der Waals surface area contributed by atoms with Crippen molar-refractivity contribution in [2.75, 3.05) is 0 Å². The van der Waals surface area contributed by atoms with E-state index in [0.29, 0.717) is 26.9 Å². The van der Waals surface area contributed by atoms with Gasteiger partial charge in [0.15, 0.2) is 0 Å². The topological polar surface area (TPSA) is 85.3 Å². The smallest absolute Gasteiger partial charge is 0.336 e. The summed E-state index contributed by atoms with van der Waals surface area (Å²) in [6.07, 6.45) is 2.82. The van der Waals surface area contributed by atoms with Gasteiger partial charge in [0.1, 0.15) is 23.1 Å². The molecule has 0 aromatic heterocycles. The first-order valence-corrected chi connectivity index (χ1v) is 12.0. The first-order valence-electron chi connectivity index (χ1n) is 11.2. The van der Waals surface area contributed by atoms with E-state index in [1.807, 2.05) is 12.1 Å². The molecule has 0 spiro atoms. The lowest BCUT2D eigenvalue weighted by Gasteiger charge is -2.27. The molecular weight excluding hydrogens is 495 g/mol. The minimum absolute atomic E-state index is 0.00511. The van der Waals surface area contributed by atoms with Gasteiger partial charge in [-0.2, -0.15) is 5.26 Å². The largest absolute Gasteiger partial charge is 0.440 e. The lowest BCUT2D eigenvalue weighted by Crippen LogP contribution is -2.21. The van der Waals surface area contributed by atoms with Crippen LogP contribution in [-0.4, -0.2) is 5.97 Å². The summed E-state index contributed by atoms with van der Waals surface area (Å²) in [6, 6.07) is 20.3. The van der Waals surface area contributed by atoms with Crippen LogP contribution in [0.1, 0.15) is 48.9 Å². The molecule has 1 aliphatic heterocycles. The highest BCUT2D eigenvalue weighted by molar-refractivity contribution is 6.35. The molecule has 0 fully saturated rings. The van der Waals surface area contributed by atoms with Crippen molar-refractivity contribution in [1.29, 1.82) is 5.26 Å². The molecule has 7 heteroatoms. The van der Waals surface area contributed by atoms with Crippen molar-refractivity contribution in [1.82, 2.24) is 0 Å². The second-order valence-electron chi connectivity index (χ2n) is 9.42. The second kappa shape index (κ2) is 10.1. The summed E-state index contributed by atoms with van der Waals surface area (Å²) in [7, 11) is 0. The van der Waals surface area contributed by atoms with Crippen molar-refractivity contribution in [2.45, 2.75) is 32.1 Å². The van der Waals surface area contributed by atoms with E-state index in [9.17, 15) is 10.1 Å². The van der Waals surface area contributed by atoms with Gasteiger partial charge < -0.3 is 15.2 Å². The summed E-state index contributed by atoms with van der Waals surface area (Å²) in [5.41, 5.74) is 9.94. The van der Waals surface area contributed by atoms with Crippen molar-refractivity contribution in [3.8, 4) is 17.6 Å². The SMILES string of the molecule is CC(C)(C)c1ccc(C2C(C#N)=C(N)Oc3cc(OC(=O)/C=C/c4ccc(Cl)cc4Cl)ccc32)cc1. The van der Waals surface area contributed by atoms with Gasteiger partial charge in [-0.05, 0) is 46.4 Å². The van der Waals surface area contributed by atoms with Crippen LogP contribution in [0.4, 0.5) is 0 Å².